The number of hydrogen-bond donors (Lipinski definition) is 1. The molecule has 0 spiro atoms. The van der Waals surface area contributed by atoms with Gasteiger partial charge in [0.1, 0.15) is 0 Å². The van der Waals surface area contributed by atoms with Gasteiger partial charge in [-0.15, -0.1) is 0 Å². The Morgan fingerprint density at radius 1 is 1.15 bits per heavy atom. The Morgan fingerprint density at radius 3 is 2.80 bits per heavy atom. The molecule has 1 nitrogen and oxygen atoms in total. The third-order valence-corrected chi connectivity index (χ3v) is 6.20. The molecule has 1 saturated heterocycles. The maximum absolute atomic E-state index is 3.75. The average molecular weight is 289 g/mol. The summed E-state index contributed by atoms with van der Waals surface area (Å²) in [5.74, 6) is 1.36. The van der Waals surface area contributed by atoms with Gasteiger partial charge in [0, 0.05) is 17.8 Å². The fraction of sp³-hybridized carbons (Fsp3) is 0.667. The summed E-state index contributed by atoms with van der Waals surface area (Å²) in [6, 6.07) is 7.66. The molecule has 0 aromatic heterocycles. The molecule has 2 heteroatoms. The molecule has 2 atom stereocenters. The third-order valence-electron chi connectivity index (χ3n) is 4.80. The summed E-state index contributed by atoms with van der Waals surface area (Å²) in [4.78, 5) is 0. The maximum Gasteiger partial charge on any atom is 0.0292 e. The van der Waals surface area contributed by atoms with Crippen LogP contribution < -0.4 is 5.32 Å². The fourth-order valence-corrected chi connectivity index (χ4v) is 4.67. The van der Waals surface area contributed by atoms with Gasteiger partial charge in [-0.05, 0) is 67.9 Å². The van der Waals surface area contributed by atoms with Crippen LogP contribution in [0.5, 0.6) is 0 Å². The summed E-state index contributed by atoms with van der Waals surface area (Å²) in [6.07, 6.45) is 9.56. The van der Waals surface area contributed by atoms with E-state index in [1.807, 2.05) is 0 Å². The first-order valence-corrected chi connectivity index (χ1v) is 9.34. The molecular formula is C18H27NS. The predicted octanol–water partition coefficient (Wildman–Crippen LogP) is 4.50. The molecule has 1 aliphatic carbocycles. The first kappa shape index (κ1) is 14.5. The minimum atomic E-state index is 0.491. The summed E-state index contributed by atoms with van der Waals surface area (Å²) in [7, 11) is 0. The molecule has 0 saturated carbocycles. The SMILES string of the molecule is CC(NCC1CCCCS1)c1ccc2c(c1)CCCC2. The van der Waals surface area contributed by atoms with Crippen molar-refractivity contribution in [2.45, 2.75) is 63.2 Å². The monoisotopic (exact) mass is 289 g/mol. The van der Waals surface area contributed by atoms with Crippen molar-refractivity contribution in [2.24, 2.45) is 0 Å². The second-order valence-corrected chi connectivity index (χ2v) is 7.76. The van der Waals surface area contributed by atoms with E-state index in [0.717, 1.165) is 5.25 Å². The van der Waals surface area contributed by atoms with Gasteiger partial charge in [0.15, 0.2) is 0 Å². The fourth-order valence-electron chi connectivity index (χ4n) is 3.42. The second-order valence-electron chi connectivity index (χ2n) is 6.35. The molecule has 0 bridgehead atoms. The molecule has 2 unspecified atom stereocenters. The molecule has 20 heavy (non-hydrogen) atoms. The Balaban J connectivity index is 1.57. The molecule has 1 aromatic rings. The van der Waals surface area contributed by atoms with Crippen LogP contribution in [-0.4, -0.2) is 17.5 Å². The van der Waals surface area contributed by atoms with Crippen LogP contribution in [0.2, 0.25) is 0 Å². The van der Waals surface area contributed by atoms with Gasteiger partial charge >= 0.3 is 0 Å². The number of aryl methyl sites for hydroxylation is 2. The Hall–Kier alpha value is -0.470. The average Bonchev–Trinajstić information content (AvgIpc) is 2.53. The summed E-state index contributed by atoms with van der Waals surface area (Å²) in [5, 5.41) is 4.59. The van der Waals surface area contributed by atoms with E-state index in [4.69, 9.17) is 0 Å². The summed E-state index contributed by atoms with van der Waals surface area (Å²) in [5.41, 5.74) is 4.68. The van der Waals surface area contributed by atoms with Crippen LogP contribution in [0.25, 0.3) is 0 Å². The van der Waals surface area contributed by atoms with Crippen molar-refractivity contribution >= 4 is 11.8 Å². The van der Waals surface area contributed by atoms with Gasteiger partial charge in [-0.2, -0.15) is 11.8 Å². The number of nitrogens with one attached hydrogen (secondary N) is 1. The highest BCUT2D eigenvalue weighted by Crippen LogP contribution is 2.27. The lowest BCUT2D eigenvalue weighted by molar-refractivity contribution is 0.537. The highest BCUT2D eigenvalue weighted by molar-refractivity contribution is 7.99. The van der Waals surface area contributed by atoms with E-state index in [1.54, 1.807) is 11.1 Å². The van der Waals surface area contributed by atoms with Crippen LogP contribution in [0.4, 0.5) is 0 Å². The van der Waals surface area contributed by atoms with Gasteiger partial charge in [-0.3, -0.25) is 0 Å². The number of fused-ring (bicyclic) bond motifs is 1. The van der Waals surface area contributed by atoms with Crippen molar-refractivity contribution in [1.82, 2.24) is 5.32 Å². The Kier molecular flexibility index (Phi) is 5.06. The van der Waals surface area contributed by atoms with E-state index in [1.165, 1.54) is 62.8 Å². The Labute approximate surface area is 127 Å². The van der Waals surface area contributed by atoms with E-state index in [2.05, 4.69) is 42.2 Å². The summed E-state index contributed by atoms with van der Waals surface area (Å²) in [6.45, 7) is 3.49. The number of thioether (sulfide) groups is 1. The van der Waals surface area contributed by atoms with E-state index in [9.17, 15) is 0 Å². The van der Waals surface area contributed by atoms with Crippen molar-refractivity contribution < 1.29 is 0 Å². The molecule has 0 amide bonds. The minimum Gasteiger partial charge on any atom is -0.309 e. The van der Waals surface area contributed by atoms with Crippen molar-refractivity contribution in [1.29, 1.82) is 0 Å². The van der Waals surface area contributed by atoms with Gasteiger partial charge < -0.3 is 5.32 Å². The van der Waals surface area contributed by atoms with E-state index >= 15 is 0 Å². The number of benzene rings is 1. The van der Waals surface area contributed by atoms with Gasteiger partial charge in [0.05, 0.1) is 0 Å². The van der Waals surface area contributed by atoms with E-state index in [0.29, 0.717) is 6.04 Å². The molecule has 0 radical (unpaired) electrons. The highest BCUT2D eigenvalue weighted by atomic mass is 32.2. The van der Waals surface area contributed by atoms with Crippen LogP contribution in [0.1, 0.15) is 61.8 Å². The third kappa shape index (κ3) is 3.59. The summed E-state index contributed by atoms with van der Waals surface area (Å²) < 4.78 is 0. The van der Waals surface area contributed by atoms with Crippen LogP contribution >= 0.6 is 11.8 Å². The molecular weight excluding hydrogens is 262 g/mol. The normalized spacial score (nSPS) is 24.1. The van der Waals surface area contributed by atoms with Crippen LogP contribution in [-0.2, 0) is 12.8 Å². The quantitative estimate of drug-likeness (QED) is 0.875. The van der Waals surface area contributed by atoms with Gasteiger partial charge in [-0.1, -0.05) is 24.6 Å². The number of hydrogen-bond acceptors (Lipinski definition) is 2. The summed E-state index contributed by atoms with van der Waals surface area (Å²) >= 11 is 2.16. The molecule has 2 aliphatic rings. The van der Waals surface area contributed by atoms with Crippen molar-refractivity contribution in [3.63, 3.8) is 0 Å². The van der Waals surface area contributed by atoms with Crippen LogP contribution in [0.3, 0.4) is 0 Å². The van der Waals surface area contributed by atoms with Crippen molar-refractivity contribution in [3.8, 4) is 0 Å². The second kappa shape index (κ2) is 7.00. The zero-order chi connectivity index (χ0) is 13.8. The van der Waals surface area contributed by atoms with Gasteiger partial charge in [0.2, 0.25) is 0 Å². The first-order valence-electron chi connectivity index (χ1n) is 8.29. The lowest BCUT2D eigenvalue weighted by Gasteiger charge is -2.25. The number of rotatable bonds is 4. The van der Waals surface area contributed by atoms with Gasteiger partial charge in [0.25, 0.3) is 0 Å². The topological polar surface area (TPSA) is 12.0 Å². The first-order chi connectivity index (χ1) is 9.83. The highest BCUT2D eigenvalue weighted by Gasteiger charge is 2.16. The Morgan fingerprint density at radius 2 is 2.00 bits per heavy atom. The van der Waals surface area contributed by atoms with Crippen molar-refractivity contribution in [2.75, 3.05) is 12.3 Å². The lowest BCUT2D eigenvalue weighted by atomic mass is 9.89. The Bertz CT molecular complexity index is 437. The van der Waals surface area contributed by atoms with E-state index in [-0.39, 0.29) is 0 Å². The minimum absolute atomic E-state index is 0.491. The van der Waals surface area contributed by atoms with Crippen molar-refractivity contribution in [3.05, 3.63) is 34.9 Å². The van der Waals surface area contributed by atoms with Gasteiger partial charge in [-0.25, -0.2) is 0 Å². The molecule has 110 valence electrons. The van der Waals surface area contributed by atoms with E-state index < -0.39 is 0 Å². The molecule has 1 heterocycles. The zero-order valence-corrected chi connectivity index (χ0v) is 13.5. The predicted molar refractivity (Wildman–Crippen MR) is 89.6 cm³/mol. The van der Waals surface area contributed by atoms with Crippen LogP contribution in [0, 0.1) is 0 Å². The standard InChI is InChI=1S/C18H27NS/c1-14(19-13-18-8-4-5-11-20-18)16-10-9-15-6-2-3-7-17(15)12-16/h9-10,12,14,18-19H,2-8,11,13H2,1H3. The molecule has 1 N–H and O–H groups in total. The van der Waals surface area contributed by atoms with Crippen LogP contribution in [0.15, 0.2) is 18.2 Å². The molecule has 3 rings (SSSR count). The molecule has 1 fully saturated rings. The molecule has 1 aromatic carbocycles. The largest absolute Gasteiger partial charge is 0.309 e. The lowest BCUT2D eigenvalue weighted by Crippen LogP contribution is -2.29. The zero-order valence-electron chi connectivity index (χ0n) is 12.7. The smallest absolute Gasteiger partial charge is 0.0292 e. The maximum atomic E-state index is 3.75. The molecule has 1 aliphatic heterocycles.